The number of hydrogen-bond donors (Lipinski definition) is 0. The molecule has 0 radical (unpaired) electrons. The van der Waals surface area contributed by atoms with Crippen LogP contribution in [0, 0.1) is 11.8 Å². The van der Waals surface area contributed by atoms with Crippen LogP contribution < -0.4 is 0 Å². The van der Waals surface area contributed by atoms with Crippen LogP contribution >= 0.6 is 15.9 Å². The van der Waals surface area contributed by atoms with E-state index in [-0.39, 0.29) is 29.7 Å². The van der Waals surface area contributed by atoms with Crippen molar-refractivity contribution in [3.8, 4) is 0 Å². The standard InChI is InChI=1S/C27H24BrNO/c28-22-14-7-13-21(17-22)26-24-16-8-15-23(20-11-5-2-6-12-20)25(24)27(30)29(26)18-19-9-3-1-4-10-19/h1-14,16-17,23-26H,15,18H2. The number of hydrogen-bond acceptors (Lipinski definition) is 1. The normalized spacial score (nSPS) is 25.4. The maximum absolute atomic E-state index is 13.9. The Morgan fingerprint density at radius 2 is 1.57 bits per heavy atom. The van der Waals surface area contributed by atoms with Crippen molar-refractivity contribution in [3.05, 3.63) is 118 Å². The van der Waals surface area contributed by atoms with E-state index in [1.165, 1.54) is 16.7 Å². The highest BCUT2D eigenvalue weighted by Gasteiger charge is 2.51. The van der Waals surface area contributed by atoms with Crippen LogP contribution in [0.15, 0.2) is 102 Å². The lowest BCUT2D eigenvalue weighted by Crippen LogP contribution is -2.30. The number of rotatable bonds is 4. The number of nitrogens with zero attached hydrogens (tertiary/aromatic N) is 1. The zero-order valence-electron chi connectivity index (χ0n) is 16.7. The number of halogens is 1. The molecule has 4 unspecified atom stereocenters. The van der Waals surface area contributed by atoms with Crippen LogP contribution in [-0.4, -0.2) is 10.8 Å². The van der Waals surface area contributed by atoms with Crippen LogP contribution in [0.5, 0.6) is 0 Å². The van der Waals surface area contributed by atoms with E-state index in [4.69, 9.17) is 0 Å². The molecule has 3 aromatic carbocycles. The minimum Gasteiger partial charge on any atom is -0.330 e. The fraction of sp³-hybridized carbons (Fsp3) is 0.222. The maximum Gasteiger partial charge on any atom is 0.227 e. The molecule has 2 nitrogen and oxygen atoms in total. The molecule has 1 saturated heterocycles. The highest BCUT2D eigenvalue weighted by molar-refractivity contribution is 9.10. The Labute approximate surface area is 186 Å². The Bertz CT molecular complexity index is 1060. The third-order valence-electron chi connectivity index (χ3n) is 6.48. The molecule has 5 rings (SSSR count). The van der Waals surface area contributed by atoms with E-state index in [0.717, 1.165) is 10.9 Å². The molecular formula is C27H24BrNO. The van der Waals surface area contributed by atoms with Gasteiger partial charge < -0.3 is 4.90 Å². The van der Waals surface area contributed by atoms with Gasteiger partial charge in [-0.1, -0.05) is 101 Å². The topological polar surface area (TPSA) is 20.3 Å². The van der Waals surface area contributed by atoms with Gasteiger partial charge in [-0.05, 0) is 41.2 Å². The highest BCUT2D eigenvalue weighted by atomic mass is 79.9. The van der Waals surface area contributed by atoms with Gasteiger partial charge in [0.05, 0.1) is 12.0 Å². The molecule has 30 heavy (non-hydrogen) atoms. The van der Waals surface area contributed by atoms with Gasteiger partial charge in [-0.2, -0.15) is 0 Å². The van der Waals surface area contributed by atoms with Gasteiger partial charge in [0.2, 0.25) is 5.91 Å². The van der Waals surface area contributed by atoms with Gasteiger partial charge >= 0.3 is 0 Å². The van der Waals surface area contributed by atoms with Crippen molar-refractivity contribution in [3.63, 3.8) is 0 Å². The van der Waals surface area contributed by atoms with Crippen molar-refractivity contribution in [1.29, 1.82) is 0 Å². The number of benzene rings is 3. The Morgan fingerprint density at radius 1 is 0.867 bits per heavy atom. The quantitative estimate of drug-likeness (QED) is 0.408. The Kier molecular flexibility index (Phi) is 5.30. The van der Waals surface area contributed by atoms with Gasteiger partial charge in [0.1, 0.15) is 0 Å². The summed E-state index contributed by atoms with van der Waals surface area (Å²) < 4.78 is 1.05. The summed E-state index contributed by atoms with van der Waals surface area (Å²) in [5.74, 6) is 0.649. The first-order valence-electron chi connectivity index (χ1n) is 10.5. The first-order valence-corrected chi connectivity index (χ1v) is 11.3. The largest absolute Gasteiger partial charge is 0.330 e. The van der Waals surface area contributed by atoms with E-state index in [0.29, 0.717) is 6.54 Å². The van der Waals surface area contributed by atoms with E-state index in [2.05, 4.69) is 87.6 Å². The molecule has 2 aliphatic rings. The van der Waals surface area contributed by atoms with Crippen LogP contribution in [0.1, 0.15) is 35.1 Å². The van der Waals surface area contributed by atoms with Crippen LogP contribution in [-0.2, 0) is 11.3 Å². The zero-order chi connectivity index (χ0) is 20.5. The Balaban J connectivity index is 1.58. The van der Waals surface area contributed by atoms with Gasteiger partial charge in [-0.3, -0.25) is 4.79 Å². The number of carbonyl (C=O) groups excluding carboxylic acids is 1. The summed E-state index contributed by atoms with van der Waals surface area (Å²) in [6.45, 7) is 0.638. The van der Waals surface area contributed by atoms with Gasteiger partial charge in [0, 0.05) is 16.9 Å². The van der Waals surface area contributed by atoms with Crippen LogP contribution in [0.25, 0.3) is 0 Å². The molecule has 0 saturated carbocycles. The van der Waals surface area contributed by atoms with E-state index in [1.807, 2.05) is 30.3 Å². The molecule has 1 heterocycles. The second kappa shape index (κ2) is 8.23. The number of allylic oxidation sites excluding steroid dienone is 1. The molecule has 1 aliphatic carbocycles. The average molecular weight is 458 g/mol. The van der Waals surface area contributed by atoms with Gasteiger partial charge in [-0.25, -0.2) is 0 Å². The second-order valence-corrected chi connectivity index (χ2v) is 9.15. The summed E-state index contributed by atoms with van der Waals surface area (Å²) in [5, 5.41) is 0. The third kappa shape index (κ3) is 3.52. The van der Waals surface area contributed by atoms with Crippen molar-refractivity contribution in [2.45, 2.75) is 24.9 Å². The fourth-order valence-corrected chi connectivity index (χ4v) is 5.60. The zero-order valence-corrected chi connectivity index (χ0v) is 18.3. The molecule has 3 aromatic rings. The number of carbonyl (C=O) groups is 1. The molecule has 4 atom stereocenters. The van der Waals surface area contributed by atoms with Gasteiger partial charge in [0.15, 0.2) is 0 Å². The van der Waals surface area contributed by atoms with Crippen LogP contribution in [0.4, 0.5) is 0 Å². The number of likely N-dealkylation sites (tertiary alicyclic amines) is 1. The minimum absolute atomic E-state index is 0.0231. The predicted octanol–water partition coefficient (Wildman–Crippen LogP) is 6.51. The van der Waals surface area contributed by atoms with E-state index in [9.17, 15) is 4.79 Å². The molecule has 1 aliphatic heterocycles. The van der Waals surface area contributed by atoms with E-state index in [1.54, 1.807) is 0 Å². The Morgan fingerprint density at radius 3 is 2.30 bits per heavy atom. The first-order chi connectivity index (χ1) is 14.7. The molecule has 1 fully saturated rings. The summed E-state index contributed by atoms with van der Waals surface area (Å²) in [6.07, 6.45) is 5.49. The lowest BCUT2D eigenvalue weighted by atomic mass is 9.71. The Hall–Kier alpha value is -2.65. The molecule has 0 aromatic heterocycles. The monoisotopic (exact) mass is 457 g/mol. The molecular weight excluding hydrogens is 434 g/mol. The molecule has 1 amide bonds. The molecule has 0 bridgehead atoms. The molecule has 150 valence electrons. The fourth-order valence-electron chi connectivity index (χ4n) is 5.18. The minimum atomic E-state index is -0.0231. The highest BCUT2D eigenvalue weighted by Crippen LogP contribution is 2.52. The van der Waals surface area contributed by atoms with Crippen molar-refractivity contribution in [1.82, 2.24) is 4.90 Å². The van der Waals surface area contributed by atoms with Crippen molar-refractivity contribution < 1.29 is 4.79 Å². The summed E-state index contributed by atoms with van der Waals surface area (Å²) in [4.78, 5) is 16.0. The van der Waals surface area contributed by atoms with Gasteiger partial charge in [-0.15, -0.1) is 0 Å². The van der Waals surface area contributed by atoms with Crippen LogP contribution in [0.2, 0.25) is 0 Å². The van der Waals surface area contributed by atoms with Crippen molar-refractivity contribution in [2.75, 3.05) is 0 Å². The summed E-state index contributed by atoms with van der Waals surface area (Å²) >= 11 is 3.63. The predicted molar refractivity (Wildman–Crippen MR) is 124 cm³/mol. The summed E-state index contributed by atoms with van der Waals surface area (Å²) in [7, 11) is 0. The first kappa shape index (κ1) is 19.3. The van der Waals surface area contributed by atoms with Crippen molar-refractivity contribution in [2.24, 2.45) is 11.8 Å². The van der Waals surface area contributed by atoms with Crippen molar-refractivity contribution >= 4 is 21.8 Å². The molecule has 3 heteroatoms. The van der Waals surface area contributed by atoms with E-state index >= 15 is 0 Å². The SMILES string of the molecule is O=C1C2C(c3ccccc3)CC=CC2C(c2cccc(Br)c2)N1Cc1ccccc1. The average Bonchev–Trinajstić information content (AvgIpc) is 3.07. The number of amides is 1. The molecule has 0 N–H and O–H groups in total. The van der Waals surface area contributed by atoms with Gasteiger partial charge in [0.25, 0.3) is 0 Å². The van der Waals surface area contributed by atoms with Crippen LogP contribution in [0.3, 0.4) is 0 Å². The van der Waals surface area contributed by atoms with E-state index < -0.39 is 0 Å². The lowest BCUT2D eigenvalue weighted by molar-refractivity contribution is -0.133. The summed E-state index contributed by atoms with van der Waals surface area (Å²) in [6, 6.07) is 29.3. The lowest BCUT2D eigenvalue weighted by Gasteiger charge is -2.31. The summed E-state index contributed by atoms with van der Waals surface area (Å²) in [5.41, 5.74) is 3.63. The second-order valence-electron chi connectivity index (χ2n) is 8.24. The number of fused-ring (bicyclic) bond motifs is 1. The third-order valence-corrected chi connectivity index (χ3v) is 6.97. The molecule has 0 spiro atoms. The smallest absolute Gasteiger partial charge is 0.227 e. The maximum atomic E-state index is 13.9.